The maximum Gasteiger partial charge on any atom is 0.223 e. The number of piperidine rings is 1. The molecule has 24 heavy (non-hydrogen) atoms. The third kappa shape index (κ3) is 4.03. The number of carbonyl (C=O) groups is 1. The van der Waals surface area contributed by atoms with E-state index in [-0.39, 0.29) is 11.8 Å². The molecule has 0 atom stereocenters. The maximum absolute atomic E-state index is 12.4. The average molecular weight is 346 g/mol. The van der Waals surface area contributed by atoms with Crippen molar-refractivity contribution in [2.45, 2.75) is 26.3 Å². The Kier molecular flexibility index (Phi) is 5.30. The van der Waals surface area contributed by atoms with Crippen molar-refractivity contribution in [2.75, 3.05) is 25.1 Å². The van der Waals surface area contributed by atoms with E-state index in [1.165, 1.54) is 11.5 Å². The number of rotatable bonds is 5. The van der Waals surface area contributed by atoms with Crippen LogP contribution in [0.1, 0.15) is 24.2 Å². The monoisotopic (exact) mass is 346 g/mol. The van der Waals surface area contributed by atoms with Crippen LogP contribution in [-0.4, -0.2) is 35.5 Å². The van der Waals surface area contributed by atoms with E-state index in [4.69, 9.17) is 4.74 Å². The molecule has 1 amide bonds. The molecule has 1 aliphatic heterocycles. The number of ether oxygens (including phenoxy) is 1. The van der Waals surface area contributed by atoms with Gasteiger partial charge in [-0.25, -0.2) is 4.98 Å². The molecule has 0 saturated carbocycles. The van der Waals surface area contributed by atoms with Gasteiger partial charge in [-0.05, 0) is 37.5 Å². The van der Waals surface area contributed by atoms with Crippen LogP contribution in [-0.2, 0) is 11.3 Å². The molecule has 1 aliphatic rings. The number of nitrogens with one attached hydrogen (secondary N) is 1. The van der Waals surface area contributed by atoms with Gasteiger partial charge in [-0.1, -0.05) is 12.1 Å². The quantitative estimate of drug-likeness (QED) is 0.900. The van der Waals surface area contributed by atoms with E-state index in [0.717, 1.165) is 48.2 Å². The fraction of sp³-hybridized carbons (Fsp3) is 0.471. The second-order valence-corrected chi connectivity index (χ2v) is 6.68. The highest BCUT2D eigenvalue weighted by molar-refractivity contribution is 7.09. The number of aromatic nitrogens is 2. The topological polar surface area (TPSA) is 67.3 Å². The Labute approximate surface area is 146 Å². The van der Waals surface area contributed by atoms with Crippen LogP contribution >= 0.6 is 11.5 Å². The van der Waals surface area contributed by atoms with E-state index < -0.39 is 0 Å². The summed E-state index contributed by atoms with van der Waals surface area (Å²) in [5, 5.41) is 4.00. The number of aryl methyl sites for hydroxylation is 1. The van der Waals surface area contributed by atoms with Crippen molar-refractivity contribution >= 4 is 22.6 Å². The second-order valence-electron chi connectivity index (χ2n) is 5.95. The molecule has 2 heterocycles. The molecule has 1 fully saturated rings. The lowest BCUT2D eigenvalue weighted by Gasteiger charge is -2.30. The molecular weight excluding hydrogens is 324 g/mol. The zero-order valence-corrected chi connectivity index (χ0v) is 14.8. The molecule has 0 unspecified atom stereocenters. The lowest BCUT2D eigenvalue weighted by molar-refractivity contribution is -0.125. The SMILES string of the molecule is COc1ccc(CNC(=O)C2CCN(c3nc(C)ns3)CC2)cc1. The summed E-state index contributed by atoms with van der Waals surface area (Å²) in [7, 11) is 1.65. The molecule has 128 valence electrons. The number of carbonyl (C=O) groups excluding carboxylic acids is 1. The number of anilines is 1. The zero-order chi connectivity index (χ0) is 16.9. The fourth-order valence-corrected chi connectivity index (χ4v) is 3.55. The Morgan fingerprint density at radius 3 is 2.62 bits per heavy atom. The fourth-order valence-electron chi connectivity index (χ4n) is 2.82. The third-order valence-corrected chi connectivity index (χ3v) is 5.15. The van der Waals surface area contributed by atoms with E-state index in [1.54, 1.807) is 7.11 Å². The first-order valence-electron chi connectivity index (χ1n) is 8.11. The van der Waals surface area contributed by atoms with Gasteiger partial charge in [0.25, 0.3) is 0 Å². The van der Waals surface area contributed by atoms with Gasteiger partial charge in [-0.3, -0.25) is 4.79 Å². The van der Waals surface area contributed by atoms with Gasteiger partial charge in [0.15, 0.2) is 0 Å². The molecule has 0 radical (unpaired) electrons. The highest BCUT2D eigenvalue weighted by Crippen LogP contribution is 2.24. The van der Waals surface area contributed by atoms with Crippen molar-refractivity contribution in [2.24, 2.45) is 5.92 Å². The molecule has 7 heteroatoms. The Balaban J connectivity index is 1.46. The van der Waals surface area contributed by atoms with Crippen LogP contribution in [0.3, 0.4) is 0 Å². The van der Waals surface area contributed by atoms with Crippen molar-refractivity contribution in [1.82, 2.24) is 14.7 Å². The lowest BCUT2D eigenvalue weighted by Crippen LogP contribution is -2.40. The van der Waals surface area contributed by atoms with Crippen molar-refractivity contribution in [3.8, 4) is 5.75 Å². The van der Waals surface area contributed by atoms with Crippen LogP contribution in [0.25, 0.3) is 0 Å². The van der Waals surface area contributed by atoms with E-state index in [0.29, 0.717) is 6.54 Å². The first kappa shape index (κ1) is 16.7. The molecule has 0 spiro atoms. The molecule has 3 rings (SSSR count). The van der Waals surface area contributed by atoms with Crippen LogP contribution in [0.4, 0.5) is 5.13 Å². The predicted molar refractivity (Wildman–Crippen MR) is 94.4 cm³/mol. The van der Waals surface area contributed by atoms with Crippen LogP contribution < -0.4 is 15.0 Å². The summed E-state index contributed by atoms with van der Waals surface area (Å²) in [6.45, 7) is 4.17. The Hall–Kier alpha value is -2.15. The van der Waals surface area contributed by atoms with Gasteiger partial charge >= 0.3 is 0 Å². The smallest absolute Gasteiger partial charge is 0.223 e. The van der Waals surface area contributed by atoms with Crippen LogP contribution in [0, 0.1) is 12.8 Å². The van der Waals surface area contributed by atoms with E-state index in [1.807, 2.05) is 31.2 Å². The van der Waals surface area contributed by atoms with Gasteiger partial charge in [0, 0.05) is 37.1 Å². The molecule has 1 aromatic carbocycles. The summed E-state index contributed by atoms with van der Waals surface area (Å²) in [5.74, 6) is 1.85. The summed E-state index contributed by atoms with van der Waals surface area (Å²) in [6.07, 6.45) is 1.71. The van der Waals surface area contributed by atoms with Crippen molar-refractivity contribution in [1.29, 1.82) is 0 Å². The van der Waals surface area contributed by atoms with Gasteiger partial charge in [0.05, 0.1) is 7.11 Å². The zero-order valence-electron chi connectivity index (χ0n) is 14.0. The van der Waals surface area contributed by atoms with Gasteiger partial charge in [0.1, 0.15) is 11.6 Å². The summed E-state index contributed by atoms with van der Waals surface area (Å²) >= 11 is 1.43. The highest BCUT2D eigenvalue weighted by atomic mass is 32.1. The van der Waals surface area contributed by atoms with Crippen molar-refractivity contribution < 1.29 is 9.53 Å². The number of methoxy groups -OCH3 is 1. The molecule has 6 nitrogen and oxygen atoms in total. The number of hydrogen-bond donors (Lipinski definition) is 1. The average Bonchev–Trinajstić information content (AvgIpc) is 3.06. The minimum absolute atomic E-state index is 0.0773. The lowest BCUT2D eigenvalue weighted by atomic mass is 9.96. The molecule has 0 aliphatic carbocycles. The predicted octanol–water partition coefficient (Wildman–Crippen LogP) is 2.39. The molecule has 2 aromatic rings. The number of amides is 1. The molecule has 1 N–H and O–H groups in total. The third-order valence-electron chi connectivity index (χ3n) is 4.28. The Morgan fingerprint density at radius 1 is 1.33 bits per heavy atom. The minimum atomic E-state index is 0.0773. The van der Waals surface area contributed by atoms with E-state index in [9.17, 15) is 4.79 Å². The standard InChI is InChI=1S/C17H22N4O2S/c1-12-19-17(24-20-12)21-9-7-14(8-10-21)16(22)18-11-13-3-5-15(23-2)6-4-13/h3-6,14H,7-11H2,1-2H3,(H,18,22). The molecule has 1 saturated heterocycles. The van der Waals surface area contributed by atoms with Gasteiger partial charge in [0.2, 0.25) is 11.0 Å². The van der Waals surface area contributed by atoms with Crippen molar-refractivity contribution in [3.63, 3.8) is 0 Å². The number of nitrogens with zero attached hydrogens (tertiary/aromatic N) is 3. The largest absolute Gasteiger partial charge is 0.497 e. The Morgan fingerprint density at radius 2 is 2.04 bits per heavy atom. The maximum atomic E-state index is 12.4. The summed E-state index contributed by atoms with van der Waals surface area (Å²) < 4.78 is 9.36. The molecule has 0 bridgehead atoms. The summed E-state index contributed by atoms with van der Waals surface area (Å²) in [5.41, 5.74) is 1.07. The van der Waals surface area contributed by atoms with E-state index in [2.05, 4.69) is 19.6 Å². The van der Waals surface area contributed by atoms with Crippen LogP contribution in [0.15, 0.2) is 24.3 Å². The molecular formula is C17H22N4O2S. The van der Waals surface area contributed by atoms with Gasteiger partial charge in [-0.2, -0.15) is 4.37 Å². The van der Waals surface area contributed by atoms with Crippen LogP contribution in [0.2, 0.25) is 0 Å². The minimum Gasteiger partial charge on any atom is -0.497 e. The van der Waals surface area contributed by atoms with E-state index >= 15 is 0 Å². The molecule has 1 aromatic heterocycles. The highest BCUT2D eigenvalue weighted by Gasteiger charge is 2.26. The van der Waals surface area contributed by atoms with Gasteiger partial charge in [-0.15, -0.1) is 0 Å². The first-order valence-corrected chi connectivity index (χ1v) is 8.89. The Bertz CT molecular complexity index is 678. The second kappa shape index (κ2) is 7.61. The normalized spacial score (nSPS) is 15.3. The van der Waals surface area contributed by atoms with Crippen LogP contribution in [0.5, 0.6) is 5.75 Å². The van der Waals surface area contributed by atoms with Crippen molar-refractivity contribution in [3.05, 3.63) is 35.7 Å². The first-order chi connectivity index (χ1) is 11.7. The summed E-state index contributed by atoms with van der Waals surface area (Å²) in [4.78, 5) is 19.0. The van der Waals surface area contributed by atoms with Gasteiger partial charge < -0.3 is 15.0 Å². The number of benzene rings is 1. The summed E-state index contributed by atoms with van der Waals surface area (Å²) in [6, 6.07) is 7.76. The number of hydrogen-bond acceptors (Lipinski definition) is 6.